The zero-order chi connectivity index (χ0) is 17.1. The minimum absolute atomic E-state index is 0.265. The molecule has 0 aliphatic heterocycles. The Kier molecular flexibility index (Phi) is 4.74. The predicted molar refractivity (Wildman–Crippen MR) is 96.6 cm³/mol. The Bertz CT molecular complexity index is 924. The molecule has 0 spiro atoms. The molecule has 1 heterocycles. The summed E-state index contributed by atoms with van der Waals surface area (Å²) >= 11 is 11.9. The fourth-order valence-corrected chi connectivity index (χ4v) is 2.44. The van der Waals surface area contributed by atoms with E-state index in [9.17, 15) is 4.79 Å². The third-order valence-corrected chi connectivity index (χ3v) is 4.05. The first-order valence-corrected chi connectivity index (χ1v) is 7.78. The Morgan fingerprint density at radius 3 is 2.46 bits per heavy atom. The van der Waals surface area contributed by atoms with Gasteiger partial charge in [-0.05, 0) is 42.5 Å². The van der Waals surface area contributed by atoms with Crippen molar-refractivity contribution in [2.75, 3.05) is 12.4 Å². The van der Waals surface area contributed by atoms with Crippen LogP contribution < -0.4 is 15.6 Å². The molecule has 24 heavy (non-hydrogen) atoms. The Balaban J connectivity index is 1.93. The molecule has 0 aliphatic carbocycles. The van der Waals surface area contributed by atoms with E-state index >= 15 is 0 Å². The second kappa shape index (κ2) is 6.95. The molecule has 122 valence electrons. The number of H-pyrrole nitrogens is 1. The highest BCUT2D eigenvalue weighted by atomic mass is 35.5. The van der Waals surface area contributed by atoms with Crippen molar-refractivity contribution in [3.05, 3.63) is 68.9 Å². The van der Waals surface area contributed by atoms with Gasteiger partial charge in [0.25, 0.3) is 5.56 Å². The van der Waals surface area contributed by atoms with Crippen LogP contribution in [-0.2, 0) is 0 Å². The molecular formula is C17H13Cl2N3O2. The molecule has 0 saturated heterocycles. The molecule has 7 heteroatoms. The van der Waals surface area contributed by atoms with E-state index in [0.29, 0.717) is 27.4 Å². The predicted octanol–water partition coefficient (Wildman–Crippen LogP) is 4.50. The van der Waals surface area contributed by atoms with E-state index in [1.165, 1.54) is 6.07 Å². The molecule has 0 atom stereocenters. The SMILES string of the molecule is COc1ccc(-c2cc(=O)[nH]c(Nc3ccc(Cl)c(Cl)c3)n2)cc1. The number of aromatic amines is 1. The zero-order valence-corrected chi connectivity index (χ0v) is 14.2. The molecule has 3 rings (SSSR count). The fraction of sp³-hybridized carbons (Fsp3) is 0.0588. The summed E-state index contributed by atoms with van der Waals surface area (Å²) in [6, 6.07) is 13.8. The lowest BCUT2D eigenvalue weighted by Gasteiger charge is -2.08. The molecule has 0 fully saturated rings. The first kappa shape index (κ1) is 16.4. The Labute approximate surface area is 148 Å². The van der Waals surface area contributed by atoms with Crippen molar-refractivity contribution < 1.29 is 4.74 Å². The number of ether oxygens (including phenoxy) is 1. The van der Waals surface area contributed by atoms with Gasteiger partial charge in [-0.3, -0.25) is 9.78 Å². The minimum Gasteiger partial charge on any atom is -0.497 e. The number of aromatic nitrogens is 2. The summed E-state index contributed by atoms with van der Waals surface area (Å²) in [5.41, 5.74) is 1.75. The lowest BCUT2D eigenvalue weighted by molar-refractivity contribution is 0.415. The maximum absolute atomic E-state index is 11.9. The van der Waals surface area contributed by atoms with E-state index in [1.807, 2.05) is 24.3 Å². The number of anilines is 2. The van der Waals surface area contributed by atoms with Crippen molar-refractivity contribution in [3.63, 3.8) is 0 Å². The van der Waals surface area contributed by atoms with Crippen LogP contribution in [0.4, 0.5) is 11.6 Å². The van der Waals surface area contributed by atoms with Crippen LogP contribution >= 0.6 is 23.2 Å². The van der Waals surface area contributed by atoms with Gasteiger partial charge >= 0.3 is 0 Å². The number of rotatable bonds is 4. The number of hydrogen-bond donors (Lipinski definition) is 2. The molecule has 0 aliphatic rings. The Hall–Kier alpha value is -2.50. The second-order valence-electron chi connectivity index (χ2n) is 4.96. The van der Waals surface area contributed by atoms with Crippen molar-refractivity contribution in [1.29, 1.82) is 0 Å². The summed E-state index contributed by atoms with van der Waals surface area (Å²) in [7, 11) is 1.60. The van der Waals surface area contributed by atoms with Gasteiger partial charge in [0.1, 0.15) is 5.75 Å². The molecule has 0 amide bonds. The highest BCUT2D eigenvalue weighted by Crippen LogP contribution is 2.26. The third-order valence-electron chi connectivity index (χ3n) is 3.31. The molecule has 2 N–H and O–H groups in total. The van der Waals surface area contributed by atoms with E-state index in [1.54, 1.807) is 25.3 Å². The third kappa shape index (κ3) is 3.69. The molecule has 1 aromatic heterocycles. The molecule has 3 aromatic rings. The topological polar surface area (TPSA) is 67.0 Å². The van der Waals surface area contributed by atoms with E-state index in [2.05, 4.69) is 15.3 Å². The summed E-state index contributed by atoms with van der Waals surface area (Å²) in [6.45, 7) is 0. The molecule has 0 radical (unpaired) electrons. The van der Waals surface area contributed by atoms with Crippen molar-refractivity contribution in [2.24, 2.45) is 0 Å². The maximum atomic E-state index is 11.9. The summed E-state index contributed by atoms with van der Waals surface area (Å²) in [5.74, 6) is 1.05. The molecular weight excluding hydrogens is 349 g/mol. The van der Waals surface area contributed by atoms with Crippen LogP contribution in [-0.4, -0.2) is 17.1 Å². The Morgan fingerprint density at radius 2 is 1.79 bits per heavy atom. The van der Waals surface area contributed by atoms with Crippen LogP contribution in [0.2, 0.25) is 10.0 Å². The average Bonchev–Trinajstić information content (AvgIpc) is 2.58. The molecule has 0 saturated carbocycles. The average molecular weight is 362 g/mol. The van der Waals surface area contributed by atoms with Crippen LogP contribution in [0, 0.1) is 0 Å². The van der Waals surface area contributed by atoms with E-state index in [0.717, 1.165) is 11.3 Å². The first-order chi connectivity index (χ1) is 11.5. The van der Waals surface area contributed by atoms with Gasteiger partial charge in [0, 0.05) is 17.3 Å². The van der Waals surface area contributed by atoms with Crippen LogP contribution in [0.15, 0.2) is 53.3 Å². The van der Waals surface area contributed by atoms with Gasteiger partial charge < -0.3 is 10.1 Å². The van der Waals surface area contributed by atoms with E-state index < -0.39 is 0 Å². The van der Waals surface area contributed by atoms with E-state index in [4.69, 9.17) is 27.9 Å². The number of halogens is 2. The van der Waals surface area contributed by atoms with Gasteiger partial charge in [0.05, 0.1) is 22.8 Å². The van der Waals surface area contributed by atoms with Gasteiger partial charge in [-0.2, -0.15) is 0 Å². The zero-order valence-electron chi connectivity index (χ0n) is 12.6. The lowest BCUT2D eigenvalue weighted by Crippen LogP contribution is -2.10. The number of benzene rings is 2. The number of methoxy groups -OCH3 is 1. The number of hydrogen-bond acceptors (Lipinski definition) is 4. The number of nitrogens with one attached hydrogen (secondary N) is 2. The summed E-state index contributed by atoms with van der Waals surface area (Å²) in [5, 5.41) is 3.88. The van der Waals surface area contributed by atoms with Crippen LogP contribution in [0.3, 0.4) is 0 Å². The van der Waals surface area contributed by atoms with Crippen molar-refractivity contribution in [2.45, 2.75) is 0 Å². The normalized spacial score (nSPS) is 10.5. The van der Waals surface area contributed by atoms with Crippen molar-refractivity contribution >= 4 is 34.8 Å². The first-order valence-electron chi connectivity index (χ1n) is 7.03. The number of nitrogens with zero attached hydrogens (tertiary/aromatic N) is 1. The largest absolute Gasteiger partial charge is 0.497 e. The molecule has 5 nitrogen and oxygen atoms in total. The van der Waals surface area contributed by atoms with Gasteiger partial charge in [-0.25, -0.2) is 4.98 Å². The molecule has 2 aromatic carbocycles. The Morgan fingerprint density at radius 1 is 1.04 bits per heavy atom. The van der Waals surface area contributed by atoms with E-state index in [-0.39, 0.29) is 5.56 Å². The minimum atomic E-state index is -0.265. The monoisotopic (exact) mass is 361 g/mol. The van der Waals surface area contributed by atoms with Crippen molar-refractivity contribution in [1.82, 2.24) is 9.97 Å². The van der Waals surface area contributed by atoms with Crippen molar-refractivity contribution in [3.8, 4) is 17.0 Å². The van der Waals surface area contributed by atoms with Gasteiger partial charge in [-0.15, -0.1) is 0 Å². The summed E-state index contributed by atoms with van der Waals surface area (Å²) < 4.78 is 5.13. The van der Waals surface area contributed by atoms with Gasteiger partial charge in [-0.1, -0.05) is 23.2 Å². The highest BCUT2D eigenvalue weighted by molar-refractivity contribution is 6.42. The second-order valence-corrected chi connectivity index (χ2v) is 5.78. The van der Waals surface area contributed by atoms with Crippen LogP contribution in [0.1, 0.15) is 0 Å². The van der Waals surface area contributed by atoms with Gasteiger partial charge in [0.2, 0.25) is 5.95 Å². The van der Waals surface area contributed by atoms with Crippen LogP contribution in [0.25, 0.3) is 11.3 Å². The molecule has 0 unspecified atom stereocenters. The van der Waals surface area contributed by atoms with Gasteiger partial charge in [0.15, 0.2) is 0 Å². The lowest BCUT2D eigenvalue weighted by atomic mass is 10.1. The summed E-state index contributed by atoms with van der Waals surface area (Å²) in [6.07, 6.45) is 0. The highest BCUT2D eigenvalue weighted by Gasteiger charge is 2.06. The maximum Gasteiger partial charge on any atom is 0.252 e. The molecule has 0 bridgehead atoms. The summed E-state index contributed by atoms with van der Waals surface area (Å²) in [4.78, 5) is 19.0. The fourth-order valence-electron chi connectivity index (χ4n) is 2.14. The quantitative estimate of drug-likeness (QED) is 0.717. The smallest absolute Gasteiger partial charge is 0.252 e. The van der Waals surface area contributed by atoms with Crippen LogP contribution in [0.5, 0.6) is 5.75 Å². The standard InChI is InChI=1S/C17H13Cl2N3O2/c1-24-12-5-2-10(3-6-12)15-9-16(23)22-17(21-15)20-11-4-7-13(18)14(19)8-11/h2-9H,1H3,(H2,20,21,22,23).